The molecule has 0 amide bonds. The summed E-state index contributed by atoms with van der Waals surface area (Å²) >= 11 is 0. The Morgan fingerprint density at radius 2 is 1.46 bits per heavy atom. The Hall–Kier alpha value is -1.91. The summed E-state index contributed by atoms with van der Waals surface area (Å²) in [7, 11) is -2.26. The van der Waals surface area contributed by atoms with Gasteiger partial charge in [-0.2, -0.15) is 0 Å². The van der Waals surface area contributed by atoms with Crippen molar-refractivity contribution in [1.82, 2.24) is 0 Å². The molecule has 1 N–H and O–H groups in total. The van der Waals surface area contributed by atoms with E-state index in [9.17, 15) is 9.90 Å². The minimum atomic E-state index is -2.26. The minimum absolute atomic E-state index is 0.224. The molecule has 3 unspecified atom stereocenters. The van der Waals surface area contributed by atoms with Crippen LogP contribution >= 0.6 is 0 Å². The van der Waals surface area contributed by atoms with Crippen LogP contribution < -0.4 is 10.4 Å². The number of aliphatic carboxylic acids is 1. The molecule has 5 atom stereocenters. The van der Waals surface area contributed by atoms with Gasteiger partial charge in [0.15, 0.2) is 0 Å². The molecule has 26 heavy (non-hydrogen) atoms. The minimum Gasteiger partial charge on any atom is -0.481 e. The number of carboxylic acids is 1. The zero-order chi connectivity index (χ0) is 18.3. The van der Waals surface area contributed by atoms with Crippen LogP contribution in [-0.2, 0) is 9.22 Å². The van der Waals surface area contributed by atoms with Gasteiger partial charge in [0.2, 0.25) is 0 Å². The zero-order valence-corrected chi connectivity index (χ0v) is 16.3. The van der Waals surface area contributed by atoms with Crippen molar-refractivity contribution < 1.29 is 14.3 Å². The molecule has 2 aromatic rings. The standard InChI is InChI=1S/C22H26O3Si/c1-15(22(23)24)21-19-13-16(14-20(19)21)25-26(2,17-9-5-3-6-10-17)18-11-7-4-8-12-18/h3-12,15-16,19-21H,13-14H2,1-2H3,(H,23,24)/t15?,16?,19-,20+,21?. The zero-order valence-electron chi connectivity index (χ0n) is 15.3. The Labute approximate surface area is 156 Å². The van der Waals surface area contributed by atoms with Gasteiger partial charge in [0.25, 0.3) is 8.32 Å². The van der Waals surface area contributed by atoms with E-state index < -0.39 is 14.3 Å². The molecule has 0 saturated heterocycles. The predicted octanol–water partition coefficient (Wildman–Crippen LogP) is 3.14. The highest BCUT2D eigenvalue weighted by atomic mass is 28.4. The number of carboxylic acid groups (broad SMARTS) is 1. The van der Waals surface area contributed by atoms with Crippen molar-refractivity contribution in [3.63, 3.8) is 0 Å². The van der Waals surface area contributed by atoms with Crippen molar-refractivity contribution in [3.05, 3.63) is 60.7 Å². The molecule has 0 aliphatic heterocycles. The summed E-state index contributed by atoms with van der Waals surface area (Å²) in [6.45, 7) is 4.15. The molecule has 4 rings (SSSR count). The summed E-state index contributed by atoms with van der Waals surface area (Å²) in [6, 6.07) is 21.2. The quantitative estimate of drug-likeness (QED) is 0.799. The lowest BCUT2D eigenvalue weighted by atomic mass is 9.98. The number of rotatable bonds is 6. The van der Waals surface area contributed by atoms with Crippen LogP contribution in [0.3, 0.4) is 0 Å². The fraction of sp³-hybridized carbons (Fsp3) is 0.409. The number of hydrogen-bond acceptors (Lipinski definition) is 2. The van der Waals surface area contributed by atoms with Gasteiger partial charge in [-0.3, -0.25) is 4.79 Å². The highest BCUT2D eigenvalue weighted by molar-refractivity contribution is 6.96. The molecule has 2 aliphatic carbocycles. The van der Waals surface area contributed by atoms with Gasteiger partial charge in [-0.25, -0.2) is 0 Å². The van der Waals surface area contributed by atoms with Crippen LogP contribution in [0.15, 0.2) is 60.7 Å². The third kappa shape index (κ3) is 3.01. The molecule has 3 nitrogen and oxygen atoms in total. The fourth-order valence-electron chi connectivity index (χ4n) is 4.99. The maximum Gasteiger partial charge on any atom is 0.306 e. The van der Waals surface area contributed by atoms with E-state index in [1.807, 2.05) is 19.1 Å². The van der Waals surface area contributed by atoms with Crippen LogP contribution in [0.4, 0.5) is 0 Å². The number of benzene rings is 2. The highest BCUT2D eigenvalue weighted by Crippen LogP contribution is 2.61. The predicted molar refractivity (Wildman–Crippen MR) is 105 cm³/mol. The topological polar surface area (TPSA) is 46.5 Å². The van der Waals surface area contributed by atoms with Crippen LogP contribution in [0, 0.1) is 23.7 Å². The van der Waals surface area contributed by atoms with Crippen molar-refractivity contribution in [2.75, 3.05) is 0 Å². The van der Waals surface area contributed by atoms with E-state index >= 15 is 0 Å². The summed E-state index contributed by atoms with van der Waals surface area (Å²) in [5.74, 6) is 0.549. The largest absolute Gasteiger partial charge is 0.481 e. The van der Waals surface area contributed by atoms with Crippen LogP contribution in [0.25, 0.3) is 0 Å². The molecule has 2 aromatic carbocycles. The van der Waals surface area contributed by atoms with Gasteiger partial charge < -0.3 is 9.53 Å². The molecule has 136 valence electrons. The average Bonchev–Trinajstić information content (AvgIpc) is 3.17. The van der Waals surface area contributed by atoms with Gasteiger partial charge in [0.05, 0.1) is 5.92 Å². The van der Waals surface area contributed by atoms with Crippen molar-refractivity contribution in [1.29, 1.82) is 0 Å². The first-order valence-electron chi connectivity index (χ1n) is 9.52. The first kappa shape index (κ1) is 17.5. The second-order valence-electron chi connectivity index (χ2n) is 8.01. The lowest BCUT2D eigenvalue weighted by Crippen LogP contribution is -2.59. The van der Waals surface area contributed by atoms with E-state index in [2.05, 4.69) is 55.1 Å². The maximum absolute atomic E-state index is 11.3. The van der Waals surface area contributed by atoms with Crippen LogP contribution in [-0.4, -0.2) is 25.5 Å². The number of hydrogen-bond donors (Lipinski definition) is 1. The summed E-state index contributed by atoms with van der Waals surface area (Å²) in [4.78, 5) is 11.3. The Balaban J connectivity index is 1.53. The van der Waals surface area contributed by atoms with Crippen molar-refractivity contribution >= 4 is 24.7 Å². The summed E-state index contributed by atoms with van der Waals surface area (Å²) < 4.78 is 6.85. The first-order chi connectivity index (χ1) is 12.5. The molecule has 2 saturated carbocycles. The maximum atomic E-state index is 11.3. The monoisotopic (exact) mass is 366 g/mol. The van der Waals surface area contributed by atoms with Crippen molar-refractivity contribution in [3.8, 4) is 0 Å². The Kier molecular flexibility index (Phi) is 4.49. The molecule has 2 aliphatic rings. The molecular weight excluding hydrogens is 340 g/mol. The molecule has 0 spiro atoms. The van der Waals surface area contributed by atoms with E-state index in [0.29, 0.717) is 17.8 Å². The van der Waals surface area contributed by atoms with E-state index in [-0.39, 0.29) is 12.0 Å². The molecule has 0 radical (unpaired) electrons. The lowest BCUT2D eigenvalue weighted by molar-refractivity contribution is -0.142. The summed E-state index contributed by atoms with van der Waals surface area (Å²) in [5, 5.41) is 11.9. The van der Waals surface area contributed by atoms with Crippen LogP contribution in [0.5, 0.6) is 0 Å². The number of carbonyl (C=O) groups is 1. The van der Waals surface area contributed by atoms with Gasteiger partial charge >= 0.3 is 5.97 Å². The molecule has 4 heteroatoms. The van der Waals surface area contributed by atoms with E-state index in [1.54, 1.807) is 0 Å². The number of fused-ring (bicyclic) bond motifs is 1. The second-order valence-corrected chi connectivity index (χ2v) is 11.5. The normalized spacial score (nSPS) is 28.4. The van der Waals surface area contributed by atoms with Crippen LogP contribution in [0.1, 0.15) is 19.8 Å². The summed E-state index contributed by atoms with van der Waals surface area (Å²) in [5.41, 5.74) is 0. The molecule has 0 bridgehead atoms. The van der Waals surface area contributed by atoms with Crippen molar-refractivity contribution in [2.45, 2.75) is 32.4 Å². The van der Waals surface area contributed by atoms with Gasteiger partial charge in [-0.1, -0.05) is 67.6 Å². The lowest BCUT2D eigenvalue weighted by Gasteiger charge is -2.33. The van der Waals surface area contributed by atoms with E-state index in [4.69, 9.17) is 4.43 Å². The second kappa shape index (κ2) is 6.67. The Bertz CT molecular complexity index is 725. The molecule has 0 aromatic heterocycles. The van der Waals surface area contributed by atoms with Gasteiger partial charge in [-0.15, -0.1) is 0 Å². The van der Waals surface area contributed by atoms with Gasteiger partial charge in [0.1, 0.15) is 0 Å². The van der Waals surface area contributed by atoms with Crippen LogP contribution in [0.2, 0.25) is 6.55 Å². The van der Waals surface area contributed by atoms with Crippen molar-refractivity contribution in [2.24, 2.45) is 23.7 Å². The average molecular weight is 367 g/mol. The Morgan fingerprint density at radius 1 is 1.00 bits per heavy atom. The SMILES string of the molecule is CC(C(=O)O)C1[C@H]2CC(O[Si](C)(c3ccccc3)c3ccccc3)C[C@@H]12. The van der Waals surface area contributed by atoms with E-state index in [1.165, 1.54) is 10.4 Å². The molecular formula is C22H26O3Si. The van der Waals surface area contributed by atoms with Gasteiger partial charge in [-0.05, 0) is 47.5 Å². The van der Waals surface area contributed by atoms with E-state index in [0.717, 1.165) is 12.8 Å². The third-order valence-electron chi connectivity index (χ3n) is 6.49. The smallest absolute Gasteiger partial charge is 0.306 e. The Morgan fingerprint density at radius 3 is 1.88 bits per heavy atom. The van der Waals surface area contributed by atoms with Gasteiger partial charge in [0, 0.05) is 6.10 Å². The molecule has 2 fully saturated rings. The highest BCUT2D eigenvalue weighted by Gasteiger charge is 2.60. The fourth-order valence-corrected chi connectivity index (χ4v) is 8.11. The summed E-state index contributed by atoms with van der Waals surface area (Å²) in [6.07, 6.45) is 2.27. The third-order valence-corrected chi connectivity index (χ3v) is 10.2. The first-order valence-corrected chi connectivity index (χ1v) is 11.9. The molecule has 0 heterocycles.